The minimum Gasteiger partial charge on any atom is -0.492 e. The lowest BCUT2D eigenvalue weighted by atomic mass is 10.0. The molecule has 1 aromatic carbocycles. The second-order valence-electron chi connectivity index (χ2n) is 5.08. The smallest absolute Gasteiger partial charge is 0.305 e. The van der Waals surface area contributed by atoms with Crippen LogP contribution in [0.3, 0.4) is 0 Å². The van der Waals surface area contributed by atoms with Gasteiger partial charge in [-0.1, -0.05) is 24.6 Å². The number of carbonyl (C=O) groups excluding carboxylic acids is 2. The van der Waals surface area contributed by atoms with Gasteiger partial charge in [-0.25, -0.2) is 0 Å². The number of para-hydroxylation sites is 1. The maximum atomic E-state index is 12.1. The first kappa shape index (κ1) is 15.4. The quantitative estimate of drug-likeness (QED) is 0.616. The molecule has 5 nitrogen and oxygen atoms in total. The van der Waals surface area contributed by atoms with Gasteiger partial charge in [-0.3, -0.25) is 9.59 Å². The molecule has 1 unspecified atom stereocenters. The SMILES string of the molecule is COC(=O)CCCCCNC(=O)C1COc2ccccc21. The number of fused-ring (bicyclic) bond motifs is 1. The van der Waals surface area contributed by atoms with Gasteiger partial charge in [0.05, 0.1) is 7.11 Å². The summed E-state index contributed by atoms with van der Waals surface area (Å²) in [4.78, 5) is 23.1. The van der Waals surface area contributed by atoms with Gasteiger partial charge in [-0.15, -0.1) is 0 Å². The van der Waals surface area contributed by atoms with Gasteiger partial charge in [0.25, 0.3) is 0 Å². The zero-order chi connectivity index (χ0) is 15.1. The Labute approximate surface area is 124 Å². The summed E-state index contributed by atoms with van der Waals surface area (Å²) in [6.07, 6.45) is 2.98. The molecule has 0 fully saturated rings. The highest BCUT2D eigenvalue weighted by molar-refractivity contribution is 5.85. The van der Waals surface area contributed by atoms with Gasteiger partial charge >= 0.3 is 5.97 Å². The molecule has 1 heterocycles. The first-order valence-electron chi connectivity index (χ1n) is 7.28. The van der Waals surface area contributed by atoms with E-state index in [1.54, 1.807) is 0 Å². The molecule has 2 rings (SSSR count). The number of nitrogens with one attached hydrogen (secondary N) is 1. The number of rotatable bonds is 7. The summed E-state index contributed by atoms with van der Waals surface area (Å²) in [7, 11) is 1.39. The fourth-order valence-corrected chi connectivity index (χ4v) is 2.39. The molecule has 0 saturated carbocycles. The zero-order valence-electron chi connectivity index (χ0n) is 12.3. The van der Waals surface area contributed by atoms with Crippen LogP contribution in [-0.4, -0.2) is 32.1 Å². The van der Waals surface area contributed by atoms with Crippen LogP contribution in [0.4, 0.5) is 0 Å². The number of esters is 1. The summed E-state index contributed by atoms with van der Waals surface area (Å²) in [5, 5.41) is 2.93. The maximum absolute atomic E-state index is 12.1. The van der Waals surface area contributed by atoms with Crippen LogP contribution in [0.25, 0.3) is 0 Å². The van der Waals surface area contributed by atoms with E-state index >= 15 is 0 Å². The normalized spacial score (nSPS) is 16.0. The highest BCUT2D eigenvalue weighted by atomic mass is 16.5. The Hall–Kier alpha value is -2.04. The molecule has 0 radical (unpaired) electrons. The van der Waals surface area contributed by atoms with Crippen LogP contribution in [0.15, 0.2) is 24.3 Å². The van der Waals surface area contributed by atoms with Crippen LogP contribution < -0.4 is 10.1 Å². The molecule has 0 aliphatic carbocycles. The molecule has 0 aromatic heterocycles. The molecule has 1 aliphatic rings. The van der Waals surface area contributed by atoms with E-state index in [0.29, 0.717) is 19.6 Å². The number of amides is 1. The molecule has 5 heteroatoms. The number of carbonyl (C=O) groups is 2. The van der Waals surface area contributed by atoms with E-state index in [9.17, 15) is 9.59 Å². The Morgan fingerprint density at radius 2 is 2.10 bits per heavy atom. The summed E-state index contributed by atoms with van der Waals surface area (Å²) in [6, 6.07) is 7.64. The van der Waals surface area contributed by atoms with Crippen molar-refractivity contribution in [2.24, 2.45) is 0 Å². The summed E-state index contributed by atoms with van der Waals surface area (Å²) in [5.74, 6) is 0.415. The van der Waals surface area contributed by atoms with E-state index in [0.717, 1.165) is 30.6 Å². The van der Waals surface area contributed by atoms with Crippen molar-refractivity contribution in [3.63, 3.8) is 0 Å². The first-order chi connectivity index (χ1) is 10.2. The molecule has 0 bridgehead atoms. The van der Waals surface area contributed by atoms with Crippen LogP contribution >= 0.6 is 0 Å². The van der Waals surface area contributed by atoms with Crippen molar-refractivity contribution in [3.8, 4) is 5.75 Å². The van der Waals surface area contributed by atoms with Gasteiger partial charge in [0.1, 0.15) is 18.3 Å². The minimum absolute atomic E-state index is 0.00733. The molecule has 1 amide bonds. The highest BCUT2D eigenvalue weighted by Crippen LogP contribution is 2.33. The number of ether oxygens (including phenoxy) is 2. The lowest BCUT2D eigenvalue weighted by molar-refractivity contribution is -0.140. The zero-order valence-corrected chi connectivity index (χ0v) is 12.3. The second kappa shape index (κ2) is 7.67. The molecular weight excluding hydrogens is 270 g/mol. The van der Waals surface area contributed by atoms with Crippen LogP contribution in [0.2, 0.25) is 0 Å². The molecule has 0 spiro atoms. The van der Waals surface area contributed by atoms with Gasteiger partial charge in [0, 0.05) is 18.5 Å². The highest BCUT2D eigenvalue weighted by Gasteiger charge is 2.29. The third-order valence-electron chi connectivity index (χ3n) is 3.60. The summed E-state index contributed by atoms with van der Waals surface area (Å²) >= 11 is 0. The Morgan fingerprint density at radius 1 is 1.29 bits per heavy atom. The predicted molar refractivity (Wildman–Crippen MR) is 78.2 cm³/mol. The second-order valence-corrected chi connectivity index (χ2v) is 5.08. The number of hydrogen-bond donors (Lipinski definition) is 1. The van der Waals surface area contributed by atoms with Crippen molar-refractivity contribution >= 4 is 11.9 Å². The Bertz CT molecular complexity index is 501. The maximum Gasteiger partial charge on any atom is 0.305 e. The standard InChI is InChI=1S/C16H21NO4/c1-20-15(18)9-3-2-6-10-17-16(19)13-11-21-14-8-5-4-7-12(13)14/h4-5,7-8,13H,2-3,6,9-11H2,1H3,(H,17,19). The van der Waals surface area contributed by atoms with Crippen molar-refractivity contribution in [2.45, 2.75) is 31.6 Å². The molecular formula is C16H21NO4. The third-order valence-corrected chi connectivity index (χ3v) is 3.60. The van der Waals surface area contributed by atoms with Gasteiger partial charge in [-0.05, 0) is 18.9 Å². The fraction of sp³-hybridized carbons (Fsp3) is 0.500. The minimum atomic E-state index is -0.212. The van der Waals surface area contributed by atoms with Gasteiger partial charge in [0.2, 0.25) is 5.91 Å². The number of hydrogen-bond acceptors (Lipinski definition) is 4. The van der Waals surface area contributed by atoms with Gasteiger partial charge < -0.3 is 14.8 Å². The number of benzene rings is 1. The Kier molecular flexibility index (Phi) is 5.60. The van der Waals surface area contributed by atoms with Crippen molar-refractivity contribution in [2.75, 3.05) is 20.3 Å². The van der Waals surface area contributed by atoms with Crippen LogP contribution in [0, 0.1) is 0 Å². The molecule has 1 aromatic rings. The largest absolute Gasteiger partial charge is 0.492 e. The van der Waals surface area contributed by atoms with E-state index in [1.807, 2.05) is 24.3 Å². The van der Waals surface area contributed by atoms with Crippen LogP contribution in [0.5, 0.6) is 5.75 Å². The average molecular weight is 291 g/mol. The number of methoxy groups -OCH3 is 1. The van der Waals surface area contributed by atoms with E-state index in [2.05, 4.69) is 10.1 Å². The third kappa shape index (κ3) is 4.21. The average Bonchev–Trinajstić information content (AvgIpc) is 2.94. The summed E-state index contributed by atoms with van der Waals surface area (Å²) in [6.45, 7) is 1.03. The van der Waals surface area contributed by atoms with Crippen molar-refractivity contribution < 1.29 is 19.1 Å². The molecule has 1 atom stereocenters. The predicted octanol–water partition coefficient (Wildman–Crippen LogP) is 2.01. The van der Waals surface area contributed by atoms with E-state index in [-0.39, 0.29) is 17.8 Å². The lowest BCUT2D eigenvalue weighted by Crippen LogP contribution is -2.30. The van der Waals surface area contributed by atoms with Gasteiger partial charge in [0.15, 0.2) is 0 Å². The summed E-state index contributed by atoms with van der Waals surface area (Å²) in [5.41, 5.74) is 0.959. The van der Waals surface area contributed by atoms with E-state index in [4.69, 9.17) is 4.74 Å². The monoisotopic (exact) mass is 291 g/mol. The molecule has 0 saturated heterocycles. The topological polar surface area (TPSA) is 64.6 Å². The first-order valence-corrected chi connectivity index (χ1v) is 7.28. The van der Waals surface area contributed by atoms with Crippen molar-refractivity contribution in [3.05, 3.63) is 29.8 Å². The van der Waals surface area contributed by atoms with E-state index in [1.165, 1.54) is 7.11 Å². The number of unbranched alkanes of at least 4 members (excludes halogenated alkanes) is 2. The van der Waals surface area contributed by atoms with Crippen LogP contribution in [0.1, 0.15) is 37.2 Å². The molecule has 1 aliphatic heterocycles. The van der Waals surface area contributed by atoms with Crippen molar-refractivity contribution in [1.29, 1.82) is 0 Å². The Balaban J connectivity index is 1.66. The van der Waals surface area contributed by atoms with Crippen molar-refractivity contribution in [1.82, 2.24) is 5.32 Å². The fourth-order valence-electron chi connectivity index (χ4n) is 2.39. The Morgan fingerprint density at radius 3 is 2.90 bits per heavy atom. The van der Waals surface area contributed by atoms with E-state index < -0.39 is 0 Å². The lowest BCUT2D eigenvalue weighted by Gasteiger charge is -2.10. The van der Waals surface area contributed by atoms with Gasteiger partial charge in [-0.2, -0.15) is 0 Å². The summed E-state index contributed by atoms with van der Waals surface area (Å²) < 4.78 is 10.1. The van der Waals surface area contributed by atoms with Crippen LogP contribution in [-0.2, 0) is 14.3 Å². The molecule has 1 N–H and O–H groups in total. The molecule has 114 valence electrons. The molecule has 21 heavy (non-hydrogen) atoms.